The average molecular weight is 290 g/mol. The third-order valence-electron chi connectivity index (χ3n) is 2.11. The number of primary amides is 1. The van der Waals surface area contributed by atoms with E-state index >= 15 is 0 Å². The lowest BCUT2D eigenvalue weighted by Crippen LogP contribution is -2.25. The third kappa shape index (κ3) is 5.06. The van der Waals surface area contributed by atoms with E-state index in [2.05, 4.69) is 9.82 Å². The molecule has 0 bridgehead atoms. The minimum Gasteiger partial charge on any atom is -0.480 e. The lowest BCUT2D eigenvalue weighted by molar-refractivity contribution is -0.137. The Labute approximate surface area is 109 Å². The van der Waals surface area contributed by atoms with E-state index in [0.717, 1.165) is 17.1 Å². The largest absolute Gasteiger partial charge is 0.480 e. The summed E-state index contributed by atoms with van der Waals surface area (Å²) in [6.07, 6.45) is 2.54. The maximum atomic E-state index is 11.7. The molecule has 0 aromatic carbocycles. The molecule has 19 heavy (non-hydrogen) atoms. The van der Waals surface area contributed by atoms with Crippen LogP contribution in [0.15, 0.2) is 17.3 Å². The van der Waals surface area contributed by atoms with Crippen molar-refractivity contribution in [1.29, 1.82) is 0 Å². The minimum absolute atomic E-state index is 0.0649. The first-order chi connectivity index (χ1) is 8.81. The number of nitrogens with one attached hydrogen (secondary N) is 1. The number of rotatable bonds is 8. The summed E-state index contributed by atoms with van der Waals surface area (Å²) in [5.74, 6) is -1.63. The number of amides is 1. The first-order valence-electron chi connectivity index (χ1n) is 5.33. The summed E-state index contributed by atoms with van der Waals surface area (Å²) in [6.45, 7) is -0.355. The van der Waals surface area contributed by atoms with Gasteiger partial charge in [-0.1, -0.05) is 0 Å². The summed E-state index contributed by atoms with van der Waals surface area (Å²) in [5, 5.41) is 12.2. The molecule has 0 saturated carbocycles. The summed E-state index contributed by atoms with van der Waals surface area (Å²) in [7, 11) is -3.75. The maximum Gasteiger partial charge on any atom is 0.325 e. The summed E-state index contributed by atoms with van der Waals surface area (Å²) >= 11 is 0. The number of nitrogens with two attached hydrogens (primary N) is 1. The Morgan fingerprint density at radius 3 is 2.74 bits per heavy atom. The molecule has 10 heteroatoms. The fraction of sp³-hybridized carbons (Fsp3) is 0.444. The first-order valence-corrected chi connectivity index (χ1v) is 6.82. The van der Waals surface area contributed by atoms with Crippen LogP contribution >= 0.6 is 0 Å². The summed E-state index contributed by atoms with van der Waals surface area (Å²) < 4.78 is 26.8. The summed E-state index contributed by atoms with van der Waals surface area (Å²) in [4.78, 5) is 20.8. The van der Waals surface area contributed by atoms with Crippen LogP contribution in [0.2, 0.25) is 0 Å². The zero-order valence-corrected chi connectivity index (χ0v) is 10.8. The number of nitrogens with zero attached hydrogens (tertiary/aromatic N) is 2. The molecule has 4 N–H and O–H groups in total. The molecule has 0 atom stereocenters. The Morgan fingerprint density at radius 1 is 1.47 bits per heavy atom. The predicted molar refractivity (Wildman–Crippen MR) is 63.5 cm³/mol. The minimum atomic E-state index is -3.75. The van der Waals surface area contributed by atoms with Crippen molar-refractivity contribution >= 4 is 21.9 Å². The molecular formula is C9H14N4O5S. The van der Waals surface area contributed by atoms with Crippen LogP contribution in [-0.4, -0.2) is 41.7 Å². The van der Waals surface area contributed by atoms with Gasteiger partial charge in [0, 0.05) is 19.2 Å². The van der Waals surface area contributed by atoms with E-state index in [9.17, 15) is 18.0 Å². The highest BCUT2D eigenvalue weighted by Gasteiger charge is 2.16. The van der Waals surface area contributed by atoms with Crippen molar-refractivity contribution in [2.24, 2.45) is 5.73 Å². The topological polar surface area (TPSA) is 144 Å². The highest BCUT2D eigenvalue weighted by atomic mass is 32.2. The third-order valence-corrected chi connectivity index (χ3v) is 3.52. The molecule has 0 unspecified atom stereocenters. The van der Waals surface area contributed by atoms with Crippen molar-refractivity contribution in [3.8, 4) is 0 Å². The molecule has 1 amide bonds. The Balaban J connectivity index is 2.59. The van der Waals surface area contributed by atoms with Crippen LogP contribution in [0, 0.1) is 0 Å². The Bertz CT molecular complexity index is 565. The van der Waals surface area contributed by atoms with Crippen molar-refractivity contribution in [3.05, 3.63) is 12.4 Å². The zero-order chi connectivity index (χ0) is 14.5. The highest BCUT2D eigenvalue weighted by molar-refractivity contribution is 7.89. The molecular weight excluding hydrogens is 276 g/mol. The lowest BCUT2D eigenvalue weighted by atomic mass is 10.3. The number of carboxylic acid groups (broad SMARTS) is 1. The van der Waals surface area contributed by atoms with Crippen LogP contribution in [-0.2, 0) is 26.2 Å². The number of carbonyl (C=O) groups excluding carboxylic acids is 1. The van der Waals surface area contributed by atoms with Gasteiger partial charge in [-0.05, 0) is 6.42 Å². The van der Waals surface area contributed by atoms with Gasteiger partial charge in [-0.2, -0.15) is 5.10 Å². The fourth-order valence-corrected chi connectivity index (χ4v) is 2.29. The van der Waals surface area contributed by atoms with Crippen molar-refractivity contribution in [2.75, 3.05) is 6.54 Å². The maximum absolute atomic E-state index is 11.7. The monoisotopic (exact) mass is 290 g/mol. The van der Waals surface area contributed by atoms with E-state index in [1.54, 1.807) is 0 Å². The molecule has 1 heterocycles. The second-order valence-electron chi connectivity index (χ2n) is 3.73. The van der Waals surface area contributed by atoms with Gasteiger partial charge in [0.25, 0.3) is 0 Å². The number of hydrogen-bond acceptors (Lipinski definition) is 5. The SMILES string of the molecule is NC(=O)CCCNS(=O)(=O)c1cnn(CC(=O)O)c1. The Kier molecular flexibility index (Phi) is 5.01. The van der Waals surface area contributed by atoms with E-state index in [1.165, 1.54) is 0 Å². The number of aromatic nitrogens is 2. The summed E-state index contributed by atoms with van der Waals surface area (Å²) in [5.41, 5.74) is 4.92. The van der Waals surface area contributed by atoms with E-state index < -0.39 is 28.4 Å². The van der Waals surface area contributed by atoms with Crippen LogP contribution in [0.25, 0.3) is 0 Å². The fourth-order valence-electron chi connectivity index (χ4n) is 1.26. The molecule has 0 radical (unpaired) electrons. The van der Waals surface area contributed by atoms with Gasteiger partial charge in [0.15, 0.2) is 0 Å². The number of sulfonamides is 1. The molecule has 1 aromatic rings. The summed E-state index contributed by atoms with van der Waals surface area (Å²) in [6, 6.07) is 0. The van der Waals surface area contributed by atoms with Gasteiger partial charge in [-0.15, -0.1) is 0 Å². The van der Waals surface area contributed by atoms with Crippen LogP contribution in [0.4, 0.5) is 0 Å². The molecule has 0 fully saturated rings. The molecule has 9 nitrogen and oxygen atoms in total. The number of carboxylic acids is 1. The quantitative estimate of drug-likeness (QED) is 0.497. The zero-order valence-electron chi connectivity index (χ0n) is 9.94. The smallest absolute Gasteiger partial charge is 0.325 e. The molecule has 1 rings (SSSR count). The average Bonchev–Trinajstić information content (AvgIpc) is 2.72. The van der Waals surface area contributed by atoms with E-state index in [0.29, 0.717) is 0 Å². The van der Waals surface area contributed by atoms with Gasteiger partial charge < -0.3 is 10.8 Å². The van der Waals surface area contributed by atoms with Gasteiger partial charge in [0.1, 0.15) is 11.4 Å². The van der Waals surface area contributed by atoms with Crippen molar-refractivity contribution < 1.29 is 23.1 Å². The standard InChI is InChI=1S/C9H14N4O5S/c10-8(14)2-1-3-12-19(17,18)7-4-11-13(5-7)6-9(15)16/h4-5,12H,1-3,6H2,(H2,10,14)(H,15,16). The molecule has 0 spiro atoms. The van der Waals surface area contributed by atoms with Crippen LogP contribution < -0.4 is 10.5 Å². The van der Waals surface area contributed by atoms with E-state index in [1.807, 2.05) is 0 Å². The van der Waals surface area contributed by atoms with Gasteiger partial charge in [0.2, 0.25) is 15.9 Å². The van der Waals surface area contributed by atoms with Gasteiger partial charge >= 0.3 is 5.97 Å². The molecule has 0 aliphatic heterocycles. The number of aliphatic carboxylic acids is 1. The Morgan fingerprint density at radius 2 is 2.16 bits per heavy atom. The number of hydrogen-bond donors (Lipinski definition) is 3. The lowest BCUT2D eigenvalue weighted by Gasteiger charge is -2.03. The van der Waals surface area contributed by atoms with Crippen molar-refractivity contribution in [3.63, 3.8) is 0 Å². The van der Waals surface area contributed by atoms with E-state index in [4.69, 9.17) is 10.8 Å². The first kappa shape index (κ1) is 15.1. The van der Waals surface area contributed by atoms with Crippen LogP contribution in [0.5, 0.6) is 0 Å². The number of carbonyl (C=O) groups is 2. The molecule has 0 aliphatic carbocycles. The molecule has 106 valence electrons. The molecule has 1 aromatic heterocycles. The van der Waals surface area contributed by atoms with Crippen LogP contribution in [0.1, 0.15) is 12.8 Å². The Hall–Kier alpha value is -1.94. The second-order valence-corrected chi connectivity index (χ2v) is 5.50. The normalized spacial score (nSPS) is 11.4. The molecule has 0 saturated heterocycles. The second kappa shape index (κ2) is 6.29. The van der Waals surface area contributed by atoms with Gasteiger partial charge in [-0.3, -0.25) is 14.3 Å². The van der Waals surface area contributed by atoms with E-state index in [-0.39, 0.29) is 24.3 Å². The van der Waals surface area contributed by atoms with Gasteiger partial charge in [0.05, 0.1) is 6.20 Å². The van der Waals surface area contributed by atoms with Crippen LogP contribution in [0.3, 0.4) is 0 Å². The predicted octanol–water partition coefficient (Wildman–Crippen LogP) is -1.49. The van der Waals surface area contributed by atoms with Gasteiger partial charge in [-0.25, -0.2) is 13.1 Å². The highest BCUT2D eigenvalue weighted by Crippen LogP contribution is 2.06. The van der Waals surface area contributed by atoms with Crippen molar-refractivity contribution in [2.45, 2.75) is 24.3 Å². The van der Waals surface area contributed by atoms with Crippen molar-refractivity contribution in [1.82, 2.24) is 14.5 Å². The molecule has 0 aliphatic rings.